The van der Waals surface area contributed by atoms with E-state index in [0.29, 0.717) is 17.7 Å². The highest BCUT2D eigenvalue weighted by Crippen LogP contribution is 2.39. The lowest BCUT2D eigenvalue weighted by atomic mass is 9.70. The number of hydrogen-bond donors (Lipinski definition) is 2. The summed E-state index contributed by atoms with van der Waals surface area (Å²) >= 11 is 0. The molecular weight excluding hydrogens is 218 g/mol. The van der Waals surface area contributed by atoms with Gasteiger partial charge in [-0.15, -0.1) is 5.10 Å². The van der Waals surface area contributed by atoms with E-state index in [1.807, 2.05) is 0 Å². The van der Waals surface area contributed by atoms with Crippen LogP contribution >= 0.6 is 0 Å². The maximum Gasteiger partial charge on any atom is 0.241 e. The predicted octanol–water partition coefficient (Wildman–Crippen LogP) is 0.0432. The molecule has 0 spiro atoms. The number of amides is 1. The SMILES string of the molecule is CC1(CNC(=O)Cn2cc(CN)nn2)CCC1. The van der Waals surface area contributed by atoms with Crippen LogP contribution in [0.3, 0.4) is 0 Å². The van der Waals surface area contributed by atoms with Gasteiger partial charge in [0, 0.05) is 13.1 Å². The van der Waals surface area contributed by atoms with Crippen LogP contribution in [0.5, 0.6) is 0 Å². The van der Waals surface area contributed by atoms with Gasteiger partial charge in [0.25, 0.3) is 0 Å². The first-order valence-electron chi connectivity index (χ1n) is 5.97. The van der Waals surface area contributed by atoms with E-state index < -0.39 is 0 Å². The van der Waals surface area contributed by atoms with Crippen molar-refractivity contribution >= 4 is 5.91 Å². The van der Waals surface area contributed by atoms with Crippen LogP contribution in [0.15, 0.2) is 6.20 Å². The van der Waals surface area contributed by atoms with Gasteiger partial charge in [0.15, 0.2) is 0 Å². The molecule has 17 heavy (non-hydrogen) atoms. The Balaban J connectivity index is 1.76. The lowest BCUT2D eigenvalue weighted by Gasteiger charge is -2.38. The number of carbonyl (C=O) groups is 1. The Morgan fingerprint density at radius 3 is 2.94 bits per heavy atom. The molecule has 1 aromatic heterocycles. The zero-order valence-electron chi connectivity index (χ0n) is 10.1. The van der Waals surface area contributed by atoms with Gasteiger partial charge < -0.3 is 11.1 Å². The van der Waals surface area contributed by atoms with Crippen molar-refractivity contribution in [1.82, 2.24) is 20.3 Å². The molecular formula is C11H19N5O. The Morgan fingerprint density at radius 1 is 1.65 bits per heavy atom. The van der Waals surface area contributed by atoms with Crippen molar-refractivity contribution in [3.8, 4) is 0 Å². The number of aromatic nitrogens is 3. The van der Waals surface area contributed by atoms with Crippen LogP contribution in [0.4, 0.5) is 0 Å². The second-order valence-electron chi connectivity index (χ2n) is 5.05. The first-order valence-corrected chi connectivity index (χ1v) is 5.97. The second kappa shape index (κ2) is 4.83. The molecule has 0 bridgehead atoms. The average molecular weight is 237 g/mol. The van der Waals surface area contributed by atoms with Crippen LogP contribution in [0.2, 0.25) is 0 Å². The van der Waals surface area contributed by atoms with Gasteiger partial charge in [-0.3, -0.25) is 4.79 Å². The lowest BCUT2D eigenvalue weighted by Crippen LogP contribution is -2.41. The van der Waals surface area contributed by atoms with Gasteiger partial charge in [-0.05, 0) is 18.3 Å². The third-order valence-electron chi connectivity index (χ3n) is 3.37. The fraction of sp³-hybridized carbons (Fsp3) is 0.727. The molecule has 0 radical (unpaired) electrons. The van der Waals surface area contributed by atoms with Crippen molar-refractivity contribution in [1.29, 1.82) is 0 Å². The van der Waals surface area contributed by atoms with Gasteiger partial charge >= 0.3 is 0 Å². The summed E-state index contributed by atoms with van der Waals surface area (Å²) in [5.74, 6) is -0.0217. The summed E-state index contributed by atoms with van der Waals surface area (Å²) in [6.07, 6.45) is 5.38. The highest BCUT2D eigenvalue weighted by Gasteiger charge is 2.31. The van der Waals surface area contributed by atoms with Gasteiger partial charge in [0.1, 0.15) is 6.54 Å². The van der Waals surface area contributed by atoms with Crippen LogP contribution in [-0.2, 0) is 17.9 Å². The van der Waals surface area contributed by atoms with E-state index in [9.17, 15) is 4.79 Å². The molecule has 0 atom stereocenters. The molecule has 1 saturated carbocycles. The quantitative estimate of drug-likeness (QED) is 0.757. The number of nitrogens with one attached hydrogen (secondary N) is 1. The Labute approximate surface area is 101 Å². The van der Waals surface area contributed by atoms with E-state index in [1.54, 1.807) is 6.20 Å². The van der Waals surface area contributed by atoms with E-state index >= 15 is 0 Å². The number of rotatable bonds is 5. The molecule has 1 aliphatic rings. The molecule has 6 nitrogen and oxygen atoms in total. The summed E-state index contributed by atoms with van der Waals surface area (Å²) in [5.41, 5.74) is 6.42. The molecule has 1 heterocycles. The number of hydrogen-bond acceptors (Lipinski definition) is 4. The standard InChI is InChI=1S/C11H19N5O/c1-11(3-2-4-11)8-13-10(17)7-16-6-9(5-12)14-15-16/h6H,2-5,7-8,12H2,1H3,(H,13,17). The van der Waals surface area contributed by atoms with Crippen molar-refractivity contribution in [3.63, 3.8) is 0 Å². The zero-order chi connectivity index (χ0) is 12.3. The topological polar surface area (TPSA) is 85.8 Å². The maximum absolute atomic E-state index is 11.7. The minimum atomic E-state index is -0.0217. The lowest BCUT2D eigenvalue weighted by molar-refractivity contribution is -0.122. The molecule has 0 saturated heterocycles. The van der Waals surface area contributed by atoms with E-state index in [2.05, 4.69) is 22.6 Å². The second-order valence-corrected chi connectivity index (χ2v) is 5.05. The zero-order valence-corrected chi connectivity index (χ0v) is 10.1. The Morgan fingerprint density at radius 2 is 2.41 bits per heavy atom. The molecule has 1 aliphatic carbocycles. The van der Waals surface area contributed by atoms with Crippen molar-refractivity contribution in [2.45, 2.75) is 39.3 Å². The summed E-state index contributed by atoms with van der Waals surface area (Å²) in [5, 5.41) is 10.6. The summed E-state index contributed by atoms with van der Waals surface area (Å²) in [6, 6.07) is 0. The molecule has 2 rings (SSSR count). The highest BCUT2D eigenvalue weighted by atomic mass is 16.2. The molecule has 0 aromatic carbocycles. The van der Waals surface area contributed by atoms with Crippen LogP contribution in [0, 0.1) is 5.41 Å². The van der Waals surface area contributed by atoms with Crippen LogP contribution in [-0.4, -0.2) is 27.4 Å². The molecule has 0 unspecified atom stereocenters. The minimum Gasteiger partial charge on any atom is -0.354 e. The fourth-order valence-corrected chi connectivity index (χ4v) is 1.98. The van der Waals surface area contributed by atoms with E-state index in [1.165, 1.54) is 23.9 Å². The van der Waals surface area contributed by atoms with Crippen molar-refractivity contribution in [3.05, 3.63) is 11.9 Å². The normalized spacial score (nSPS) is 17.5. The highest BCUT2D eigenvalue weighted by molar-refractivity contribution is 5.75. The van der Waals surface area contributed by atoms with Gasteiger partial charge in [-0.1, -0.05) is 18.6 Å². The summed E-state index contributed by atoms with van der Waals surface area (Å²) in [6.45, 7) is 3.52. The third-order valence-corrected chi connectivity index (χ3v) is 3.37. The molecule has 6 heteroatoms. The molecule has 1 fully saturated rings. The Hall–Kier alpha value is -1.43. The first kappa shape index (κ1) is 12.0. The van der Waals surface area contributed by atoms with Crippen molar-refractivity contribution in [2.24, 2.45) is 11.1 Å². The Bertz CT molecular complexity index is 396. The average Bonchev–Trinajstić information content (AvgIpc) is 2.71. The van der Waals surface area contributed by atoms with Gasteiger partial charge in [-0.2, -0.15) is 0 Å². The molecule has 0 aliphatic heterocycles. The van der Waals surface area contributed by atoms with E-state index in [0.717, 1.165) is 6.54 Å². The molecule has 94 valence electrons. The summed E-state index contributed by atoms with van der Waals surface area (Å²) < 4.78 is 1.51. The van der Waals surface area contributed by atoms with Crippen LogP contribution in [0.25, 0.3) is 0 Å². The van der Waals surface area contributed by atoms with Crippen molar-refractivity contribution in [2.75, 3.05) is 6.54 Å². The minimum absolute atomic E-state index is 0.0217. The number of nitrogens with zero attached hydrogens (tertiary/aromatic N) is 3. The number of nitrogens with two attached hydrogens (primary N) is 1. The van der Waals surface area contributed by atoms with Crippen LogP contribution in [0.1, 0.15) is 31.9 Å². The van der Waals surface area contributed by atoms with Gasteiger partial charge in [0.05, 0.1) is 11.9 Å². The van der Waals surface area contributed by atoms with E-state index in [-0.39, 0.29) is 12.5 Å². The molecule has 1 aromatic rings. The van der Waals surface area contributed by atoms with Crippen molar-refractivity contribution < 1.29 is 4.79 Å². The third kappa shape index (κ3) is 3.03. The van der Waals surface area contributed by atoms with Gasteiger partial charge in [-0.25, -0.2) is 4.68 Å². The van der Waals surface area contributed by atoms with Gasteiger partial charge in [0.2, 0.25) is 5.91 Å². The number of carbonyl (C=O) groups excluding carboxylic acids is 1. The predicted molar refractivity (Wildman–Crippen MR) is 62.9 cm³/mol. The summed E-state index contributed by atoms with van der Waals surface area (Å²) in [7, 11) is 0. The smallest absolute Gasteiger partial charge is 0.241 e. The molecule has 1 amide bonds. The largest absolute Gasteiger partial charge is 0.354 e. The fourth-order valence-electron chi connectivity index (χ4n) is 1.98. The van der Waals surface area contributed by atoms with Crippen LogP contribution < -0.4 is 11.1 Å². The first-order chi connectivity index (χ1) is 8.11. The summed E-state index contributed by atoms with van der Waals surface area (Å²) in [4.78, 5) is 11.7. The maximum atomic E-state index is 11.7. The molecule has 3 N–H and O–H groups in total. The van der Waals surface area contributed by atoms with E-state index in [4.69, 9.17) is 5.73 Å². The Kier molecular flexibility index (Phi) is 3.42. The monoisotopic (exact) mass is 237 g/mol.